The Labute approximate surface area is 801 Å². The van der Waals surface area contributed by atoms with Crippen molar-refractivity contribution in [3.8, 4) is 0 Å². The van der Waals surface area contributed by atoms with Crippen LogP contribution in [0.25, 0.3) is 0 Å². The summed E-state index contributed by atoms with van der Waals surface area (Å²) in [6.45, 7) is 13.4. The molecule has 142 heavy (non-hydrogen) atoms. The molecular formula is C97H99F13N16O16. The summed E-state index contributed by atoms with van der Waals surface area (Å²) in [6, 6.07) is 15.3. The summed E-state index contributed by atoms with van der Waals surface area (Å²) in [4.78, 5) is 206. The van der Waals surface area contributed by atoms with Crippen LogP contribution in [0.15, 0.2) is 66.7 Å². The Bertz CT molecular complexity index is 6690. The third-order valence-corrected chi connectivity index (χ3v) is 27.4. The molecule has 5 fully saturated rings. The van der Waals surface area contributed by atoms with E-state index in [1.807, 2.05) is 19.1 Å². The number of alkyl halides is 8. The topological polar surface area (TPSA) is 437 Å². The molecule has 8 aromatic rings. The first-order chi connectivity index (χ1) is 66.4. The second kappa shape index (κ2) is 38.1. The number of likely N-dealkylation sites (N-methyl/N-ethyl adjacent to an activating group) is 4. The average Bonchev–Trinajstić information content (AvgIpc) is 1.53. The van der Waals surface area contributed by atoms with Crippen LogP contribution in [-0.2, 0) is 83.7 Å². The molecule has 4 aliphatic heterocycles. The highest BCUT2D eigenvalue weighted by molar-refractivity contribution is 6.46. The summed E-state index contributed by atoms with van der Waals surface area (Å²) in [6.07, 6.45) is -2.96. The van der Waals surface area contributed by atoms with Gasteiger partial charge in [0.1, 0.15) is 74.0 Å². The van der Waals surface area contributed by atoms with Gasteiger partial charge < -0.3 is 82.1 Å². The highest BCUT2D eigenvalue weighted by Crippen LogP contribution is 2.56. The molecule has 8 heterocycles. The van der Waals surface area contributed by atoms with Crippen LogP contribution >= 0.6 is 0 Å². The van der Waals surface area contributed by atoms with Gasteiger partial charge in [0.2, 0.25) is 23.6 Å². The van der Waals surface area contributed by atoms with Crippen LogP contribution in [0.2, 0.25) is 0 Å². The first-order valence-corrected chi connectivity index (χ1v) is 45.2. The highest BCUT2D eigenvalue weighted by Gasteiger charge is 2.66. The largest absolute Gasteiger partial charge is 0.357 e. The molecule has 4 aromatic carbocycles. The molecular weight excluding hydrogens is 1890 g/mol. The summed E-state index contributed by atoms with van der Waals surface area (Å²) < 4.78 is 185. The van der Waals surface area contributed by atoms with Crippen LogP contribution in [0, 0.1) is 90.4 Å². The number of ketones is 4. The lowest BCUT2D eigenvalue weighted by atomic mass is 9.72. The van der Waals surface area contributed by atoms with Gasteiger partial charge in [-0.2, -0.15) is 0 Å². The van der Waals surface area contributed by atoms with E-state index in [0.29, 0.717) is 104 Å². The van der Waals surface area contributed by atoms with E-state index in [1.165, 1.54) is 74.9 Å². The van der Waals surface area contributed by atoms with Crippen molar-refractivity contribution in [2.45, 2.75) is 230 Å². The number of anilines is 4. The second-order valence-corrected chi connectivity index (χ2v) is 37.5. The van der Waals surface area contributed by atoms with Crippen molar-refractivity contribution in [2.24, 2.45) is 5.92 Å². The third kappa shape index (κ3) is 19.4. The Balaban J connectivity index is 0.000000150. The maximum absolute atomic E-state index is 14.0. The molecule has 754 valence electrons. The molecule has 4 aromatic heterocycles. The highest BCUT2D eigenvalue weighted by atomic mass is 19.3. The number of hydrogen-bond donors (Lipinski definition) is 12. The summed E-state index contributed by atoms with van der Waals surface area (Å²) in [5, 5.41) is 28.1. The van der Waals surface area contributed by atoms with E-state index >= 15 is 0 Å². The third-order valence-electron chi connectivity index (χ3n) is 27.4. The van der Waals surface area contributed by atoms with Gasteiger partial charge in [-0.3, -0.25) is 76.7 Å². The Kier molecular flexibility index (Phi) is 27.7. The van der Waals surface area contributed by atoms with Crippen LogP contribution < -0.4 is 63.8 Å². The van der Waals surface area contributed by atoms with Gasteiger partial charge in [-0.25, -0.2) is 57.1 Å². The minimum atomic E-state index is -3.16. The molecule has 12 N–H and O–H groups in total. The van der Waals surface area contributed by atoms with Gasteiger partial charge in [0.15, 0.2) is 0 Å². The maximum Gasteiger partial charge on any atom is 0.293 e. The second-order valence-electron chi connectivity index (χ2n) is 37.5. The Morgan fingerprint density at radius 2 is 0.577 bits per heavy atom. The number of aryl methyl sites for hydroxylation is 2. The van der Waals surface area contributed by atoms with Gasteiger partial charge in [-0.15, -0.1) is 0 Å². The van der Waals surface area contributed by atoms with Crippen molar-refractivity contribution in [3.63, 3.8) is 0 Å². The van der Waals surface area contributed by atoms with Gasteiger partial charge in [0.05, 0.1) is 22.3 Å². The minimum absolute atomic E-state index is 0.0124. The molecule has 0 radical (unpaired) electrons. The fourth-order valence-electron chi connectivity index (χ4n) is 20.4. The predicted octanol–water partition coefficient (Wildman–Crippen LogP) is 10.9. The number of rotatable bonds is 24. The Hall–Kier alpha value is -14.6. The van der Waals surface area contributed by atoms with Gasteiger partial charge in [-0.05, 0) is 189 Å². The van der Waals surface area contributed by atoms with E-state index in [-0.39, 0.29) is 102 Å². The number of hydrogen-bond acceptors (Lipinski definition) is 16. The van der Waals surface area contributed by atoms with E-state index in [9.17, 15) is 134 Å². The standard InChI is InChI=1S/C25H24F4N4O4.C24H24F4N4O4.C24H25F3N4O4.C24H26F2N4O4/c1-10-14(26)6-13(7-15(10)27)31-21(35)19-11(2)18(17-5-12-4-16(12)33(17)19)20(34)22(36)32-24(23(37)30-3)8-25(28,29)9-24;1-11-14(25)7-13(8-15(11)26)30-20(34)18-12(2)17(16-5-4-6-32(16)18)19(33)21(35)31-23(22(36)29-3)9-24(27,28)10-23;1-12-6-7-14(9-15(12)25)29-20(33)18-13(2)17(16-5-4-8-31(16)18)19(32)21(34)30-23(22(35)28-3)10-24(26,27)11-23;1-13-6-8-15(9-7-13)28-20(32)18-14(2)17(16-5-4-10-30(16)18)19(31)21(33)29-23(22(34)27-3)11-24(25,26)12-23/h6-7,12,16H,4-5,8-9H2,1-3H3,(H,30,37)(H,31,35)(H,32,36);7-8H,4-6,9-10H2,1-3H3,(H,29,36)(H,30,34)(H,31,35);6-7,9H,4-5,8,10-11H2,1-3H3,(H,28,35)(H,29,33)(H,30,34);6-9H,4-5,10-12H2,1-3H3,(H,27,34)(H,28,32)(H,29,33)/t12-,16-;;;/m1.../s1. The van der Waals surface area contributed by atoms with E-state index in [4.69, 9.17) is 0 Å². The zero-order chi connectivity index (χ0) is 104. The quantitative estimate of drug-likeness (QED) is 0.0152. The van der Waals surface area contributed by atoms with Crippen molar-refractivity contribution in [1.29, 1.82) is 0 Å². The average molecular weight is 1990 g/mol. The van der Waals surface area contributed by atoms with Crippen LogP contribution in [0.5, 0.6) is 0 Å². The molecule has 0 saturated heterocycles. The van der Waals surface area contributed by atoms with Crippen LogP contribution in [0.1, 0.15) is 234 Å². The molecule has 32 nitrogen and oxygen atoms in total. The van der Waals surface area contributed by atoms with Crippen molar-refractivity contribution >= 4 is 117 Å². The monoisotopic (exact) mass is 1990 g/mol. The Morgan fingerprint density at radius 3 is 0.866 bits per heavy atom. The molecule has 45 heteroatoms. The number of carbonyl (C=O) groups excluding carboxylic acids is 16. The molecule has 5 aliphatic carbocycles. The van der Waals surface area contributed by atoms with E-state index < -0.39 is 220 Å². The van der Waals surface area contributed by atoms with E-state index in [1.54, 1.807) is 50.3 Å². The van der Waals surface area contributed by atoms with Gasteiger partial charge in [-0.1, -0.05) is 23.8 Å². The van der Waals surface area contributed by atoms with Crippen molar-refractivity contribution < 1.29 is 134 Å². The fourth-order valence-corrected chi connectivity index (χ4v) is 20.4. The number of fused-ring (bicyclic) bond motifs is 6. The number of nitrogens with one attached hydrogen (secondary N) is 12. The van der Waals surface area contributed by atoms with Gasteiger partial charge in [0, 0.05) is 162 Å². The Morgan fingerprint density at radius 1 is 0.317 bits per heavy atom. The number of benzene rings is 4. The molecule has 0 unspecified atom stereocenters. The summed E-state index contributed by atoms with van der Waals surface area (Å²) in [5.74, 6) is -30.8. The first-order valence-electron chi connectivity index (χ1n) is 45.2. The lowest BCUT2D eigenvalue weighted by Crippen LogP contribution is -2.69. The van der Waals surface area contributed by atoms with Crippen molar-refractivity contribution in [3.05, 3.63) is 208 Å². The summed E-state index contributed by atoms with van der Waals surface area (Å²) >= 11 is 0. The van der Waals surface area contributed by atoms with Crippen LogP contribution in [-0.4, -0.2) is 186 Å². The molecule has 9 aliphatic rings. The van der Waals surface area contributed by atoms with Crippen molar-refractivity contribution in [1.82, 2.24) is 60.8 Å². The maximum atomic E-state index is 14.0. The lowest BCUT2D eigenvalue weighted by molar-refractivity contribution is -0.164. The smallest absolute Gasteiger partial charge is 0.293 e. The molecule has 0 spiro atoms. The number of Topliss-reactive ketones (excluding diaryl/α,β-unsaturated/α-hetero) is 4. The summed E-state index contributed by atoms with van der Waals surface area (Å²) in [5.41, 5.74) is -2.53. The van der Waals surface area contributed by atoms with Gasteiger partial charge in [0.25, 0.3) is 94.1 Å². The SMILES string of the molecule is CNC(=O)C1(NC(=O)C(=O)c2c(C)c(C(=O)Nc3cc(F)c(C)c(F)c3)n3c2CCC3)CC(F)(F)C1.CNC(=O)C1(NC(=O)C(=O)c2c(C)c(C(=O)Nc3cc(F)c(C)c(F)c3)n3c2C[C@H]2C[C@H]23)CC(F)(F)C1.CNC(=O)C1(NC(=O)C(=O)c2c(C)c(C(=O)Nc3ccc(C)c(F)c3)n3c2CCC3)CC(F)(F)C1.CNC(=O)C1(NC(=O)C(=O)c2c(C)c(C(=O)Nc3ccc(C)cc3)n3c2CCC3)CC(F)(F)C1. The number of aromatic nitrogens is 4. The number of nitrogens with zero attached hydrogens (tertiary/aromatic N) is 4. The number of amides is 12. The minimum Gasteiger partial charge on any atom is -0.357 e. The predicted molar refractivity (Wildman–Crippen MR) is 483 cm³/mol. The van der Waals surface area contributed by atoms with Crippen molar-refractivity contribution in [2.75, 3.05) is 49.5 Å². The molecule has 2 atom stereocenters. The zero-order valence-corrected chi connectivity index (χ0v) is 78.7. The molecule has 5 saturated carbocycles. The number of carbonyl (C=O) groups is 16. The molecule has 17 rings (SSSR count). The van der Waals surface area contributed by atoms with E-state index in [0.717, 1.165) is 36.2 Å². The molecule has 12 amide bonds. The summed E-state index contributed by atoms with van der Waals surface area (Å²) in [7, 11) is 5.00. The fraction of sp³-hybridized carbons (Fsp3) is 0.423. The van der Waals surface area contributed by atoms with Crippen LogP contribution in [0.4, 0.5) is 79.8 Å². The van der Waals surface area contributed by atoms with E-state index in [2.05, 4.69) is 63.8 Å². The van der Waals surface area contributed by atoms with Gasteiger partial charge >= 0.3 is 0 Å². The molecule has 0 bridgehead atoms. The zero-order valence-electron chi connectivity index (χ0n) is 78.7. The first kappa shape index (κ1) is 103. The normalized spacial score (nSPS) is 18.4. The lowest BCUT2D eigenvalue weighted by Gasteiger charge is -2.45. The van der Waals surface area contributed by atoms with Crippen LogP contribution in [0.3, 0.4) is 0 Å². The number of halogens is 13.